The first-order valence-corrected chi connectivity index (χ1v) is 9.45. The van der Waals surface area contributed by atoms with Crippen LogP contribution in [0.2, 0.25) is 10.0 Å². The lowest BCUT2D eigenvalue weighted by Crippen LogP contribution is -2.33. The van der Waals surface area contributed by atoms with Crippen LogP contribution >= 0.6 is 35.1 Å². The van der Waals surface area contributed by atoms with Crippen molar-refractivity contribution in [2.75, 3.05) is 6.26 Å². The van der Waals surface area contributed by atoms with E-state index in [0.29, 0.717) is 16.1 Å². The van der Waals surface area contributed by atoms with Gasteiger partial charge >= 0.3 is 0 Å². The van der Waals surface area contributed by atoms with Crippen molar-refractivity contribution in [3.05, 3.63) is 40.3 Å². The van der Waals surface area contributed by atoms with E-state index in [1.165, 1.54) is 11.3 Å². The molecule has 0 bridgehead atoms. The van der Waals surface area contributed by atoms with Gasteiger partial charge in [-0.05, 0) is 25.2 Å². The summed E-state index contributed by atoms with van der Waals surface area (Å²) in [6, 6.07) is 4.37. The molecule has 0 fully saturated rings. The first kappa shape index (κ1) is 15.4. The molecular formula is C16H16Cl2N4S. The number of aromatic amines is 1. The van der Waals surface area contributed by atoms with Gasteiger partial charge in [0.25, 0.3) is 0 Å². The Bertz CT molecular complexity index is 857. The highest BCUT2D eigenvalue weighted by Gasteiger charge is 2.27. The SMILES string of the molecule is CSNC1CCc2c(-c3cn[nH]c3)c3ccc(Cl)c(Cl)c3n2C1. The summed E-state index contributed by atoms with van der Waals surface area (Å²) in [5.41, 5.74) is 4.65. The summed E-state index contributed by atoms with van der Waals surface area (Å²) in [6.07, 6.45) is 7.97. The number of nitrogens with one attached hydrogen (secondary N) is 2. The van der Waals surface area contributed by atoms with Gasteiger partial charge in [-0.15, -0.1) is 0 Å². The van der Waals surface area contributed by atoms with Gasteiger partial charge in [-0.3, -0.25) is 9.82 Å². The highest BCUT2D eigenvalue weighted by atomic mass is 35.5. The predicted octanol–water partition coefficient (Wildman–Crippen LogP) is 4.52. The number of hydrogen-bond acceptors (Lipinski definition) is 3. The van der Waals surface area contributed by atoms with Crippen molar-refractivity contribution in [2.45, 2.75) is 25.4 Å². The summed E-state index contributed by atoms with van der Waals surface area (Å²) < 4.78 is 5.79. The van der Waals surface area contributed by atoms with Crippen LogP contribution in [-0.4, -0.2) is 27.1 Å². The molecule has 4 rings (SSSR count). The first-order chi connectivity index (χ1) is 11.2. The Hall–Kier alpha value is -1.14. The van der Waals surface area contributed by atoms with Crippen LogP contribution in [-0.2, 0) is 13.0 Å². The smallest absolute Gasteiger partial charge is 0.0835 e. The average Bonchev–Trinajstić information content (AvgIpc) is 3.16. The molecule has 0 amide bonds. The molecule has 0 saturated carbocycles. The maximum Gasteiger partial charge on any atom is 0.0835 e. The second kappa shape index (κ2) is 6.06. The van der Waals surface area contributed by atoms with Crippen LogP contribution in [0.15, 0.2) is 24.5 Å². The molecule has 1 aliphatic rings. The number of aromatic nitrogens is 3. The molecule has 1 atom stereocenters. The highest BCUT2D eigenvalue weighted by Crippen LogP contribution is 2.42. The molecule has 1 aromatic carbocycles. The molecule has 120 valence electrons. The van der Waals surface area contributed by atoms with Gasteiger partial charge in [-0.1, -0.05) is 41.2 Å². The standard InChI is InChI=1S/C16H16Cl2N4S/c1-23-21-10-2-5-13-14(9-6-19-20-7-9)11-3-4-12(17)15(18)16(11)22(13)8-10/h3-4,6-7,10,21H,2,5,8H2,1H3,(H,19,20). The Morgan fingerprint density at radius 2 is 2.26 bits per heavy atom. The van der Waals surface area contributed by atoms with Crippen LogP contribution in [0.25, 0.3) is 22.0 Å². The third kappa shape index (κ3) is 2.47. The fraction of sp³-hybridized carbons (Fsp3) is 0.312. The second-order valence-corrected chi connectivity index (χ2v) is 7.16. The van der Waals surface area contributed by atoms with Gasteiger partial charge in [0.05, 0.1) is 21.8 Å². The van der Waals surface area contributed by atoms with Gasteiger partial charge < -0.3 is 4.57 Å². The summed E-state index contributed by atoms with van der Waals surface area (Å²) in [4.78, 5) is 0. The largest absolute Gasteiger partial charge is 0.341 e. The molecule has 0 spiro atoms. The number of benzene rings is 1. The van der Waals surface area contributed by atoms with E-state index in [-0.39, 0.29) is 0 Å². The maximum absolute atomic E-state index is 6.56. The Balaban J connectivity index is 1.99. The van der Waals surface area contributed by atoms with E-state index >= 15 is 0 Å². The van der Waals surface area contributed by atoms with Crippen molar-refractivity contribution >= 4 is 46.1 Å². The van der Waals surface area contributed by atoms with Crippen LogP contribution in [0.3, 0.4) is 0 Å². The van der Waals surface area contributed by atoms with E-state index in [1.807, 2.05) is 18.5 Å². The molecule has 3 heterocycles. The molecule has 1 aliphatic heterocycles. The van der Waals surface area contributed by atoms with E-state index < -0.39 is 0 Å². The molecular weight excluding hydrogens is 351 g/mol. The van der Waals surface area contributed by atoms with Crippen LogP contribution < -0.4 is 4.72 Å². The van der Waals surface area contributed by atoms with E-state index in [4.69, 9.17) is 23.2 Å². The number of halogens is 2. The lowest BCUT2D eigenvalue weighted by Gasteiger charge is -2.26. The zero-order valence-electron chi connectivity index (χ0n) is 12.6. The summed E-state index contributed by atoms with van der Waals surface area (Å²) in [5.74, 6) is 0. The number of fused-ring (bicyclic) bond motifs is 3. The fourth-order valence-corrected chi connectivity index (χ4v) is 4.43. The van der Waals surface area contributed by atoms with Crippen molar-refractivity contribution in [2.24, 2.45) is 0 Å². The quantitative estimate of drug-likeness (QED) is 0.669. The van der Waals surface area contributed by atoms with E-state index in [1.54, 1.807) is 11.9 Å². The zero-order chi connectivity index (χ0) is 16.0. The van der Waals surface area contributed by atoms with Crippen molar-refractivity contribution < 1.29 is 0 Å². The van der Waals surface area contributed by atoms with Crippen molar-refractivity contribution in [1.82, 2.24) is 19.5 Å². The predicted molar refractivity (Wildman–Crippen MR) is 98.3 cm³/mol. The van der Waals surface area contributed by atoms with Gasteiger partial charge in [-0.25, -0.2) is 0 Å². The van der Waals surface area contributed by atoms with Gasteiger partial charge in [0.15, 0.2) is 0 Å². The van der Waals surface area contributed by atoms with Gasteiger partial charge in [0, 0.05) is 41.0 Å². The monoisotopic (exact) mass is 366 g/mol. The minimum atomic E-state index is 0.431. The van der Waals surface area contributed by atoms with Crippen LogP contribution in [0.4, 0.5) is 0 Å². The topological polar surface area (TPSA) is 45.6 Å². The molecule has 3 aromatic rings. The summed E-state index contributed by atoms with van der Waals surface area (Å²) in [7, 11) is 0. The normalized spacial score (nSPS) is 17.6. The number of hydrogen-bond donors (Lipinski definition) is 2. The number of H-pyrrole nitrogens is 1. The number of rotatable bonds is 3. The Morgan fingerprint density at radius 1 is 1.39 bits per heavy atom. The minimum absolute atomic E-state index is 0.431. The summed E-state index contributed by atoms with van der Waals surface area (Å²) >= 11 is 14.5. The van der Waals surface area contributed by atoms with Gasteiger partial charge in [0.2, 0.25) is 0 Å². The second-order valence-electron chi connectivity index (χ2n) is 5.73. The maximum atomic E-state index is 6.56. The lowest BCUT2D eigenvalue weighted by atomic mass is 9.99. The first-order valence-electron chi connectivity index (χ1n) is 7.47. The number of nitrogens with zero attached hydrogens (tertiary/aromatic N) is 2. The Morgan fingerprint density at radius 3 is 3.00 bits per heavy atom. The Kier molecular flexibility index (Phi) is 4.05. The molecule has 7 heteroatoms. The van der Waals surface area contributed by atoms with Crippen LogP contribution in [0.5, 0.6) is 0 Å². The van der Waals surface area contributed by atoms with Crippen molar-refractivity contribution in [3.63, 3.8) is 0 Å². The fourth-order valence-electron chi connectivity index (χ4n) is 3.49. The molecule has 2 aromatic heterocycles. The molecule has 1 unspecified atom stereocenters. The van der Waals surface area contributed by atoms with Crippen LogP contribution in [0, 0.1) is 0 Å². The molecule has 2 N–H and O–H groups in total. The van der Waals surface area contributed by atoms with E-state index in [9.17, 15) is 0 Å². The molecule has 0 radical (unpaired) electrons. The van der Waals surface area contributed by atoms with E-state index in [2.05, 4.69) is 31.8 Å². The van der Waals surface area contributed by atoms with Gasteiger partial charge in [-0.2, -0.15) is 5.10 Å². The van der Waals surface area contributed by atoms with E-state index in [0.717, 1.165) is 35.9 Å². The summed E-state index contributed by atoms with van der Waals surface area (Å²) in [6.45, 7) is 0.893. The van der Waals surface area contributed by atoms with Crippen LogP contribution in [0.1, 0.15) is 12.1 Å². The molecule has 4 nitrogen and oxygen atoms in total. The van der Waals surface area contributed by atoms with Gasteiger partial charge in [0.1, 0.15) is 0 Å². The molecule has 23 heavy (non-hydrogen) atoms. The Labute approximate surface area is 148 Å². The minimum Gasteiger partial charge on any atom is -0.341 e. The summed E-state index contributed by atoms with van der Waals surface area (Å²) in [5, 5.41) is 9.38. The van der Waals surface area contributed by atoms with Crippen molar-refractivity contribution in [3.8, 4) is 11.1 Å². The molecule has 0 saturated heterocycles. The third-order valence-electron chi connectivity index (χ3n) is 4.43. The zero-order valence-corrected chi connectivity index (χ0v) is 14.9. The highest BCUT2D eigenvalue weighted by molar-refractivity contribution is 7.96. The third-order valence-corrected chi connectivity index (χ3v) is 5.79. The molecule has 0 aliphatic carbocycles. The van der Waals surface area contributed by atoms with Crippen molar-refractivity contribution in [1.29, 1.82) is 0 Å². The average molecular weight is 367 g/mol. The lowest BCUT2D eigenvalue weighted by molar-refractivity contribution is 0.450.